The molecule has 1 aliphatic heterocycles. The number of Topliss-reactive ketones (excluding diaryl/α,β-unsaturated/α-hetero) is 1. The lowest BCUT2D eigenvalue weighted by atomic mass is 9.48. The van der Waals surface area contributed by atoms with E-state index in [-0.39, 0.29) is 36.6 Å². The monoisotopic (exact) mass is 494 g/mol. The second-order valence-corrected chi connectivity index (χ2v) is 11.8. The fraction of sp³-hybridized carbons (Fsp3) is 0.643. The molecule has 4 saturated carbocycles. The van der Waals surface area contributed by atoms with Crippen molar-refractivity contribution in [1.82, 2.24) is 9.80 Å². The first-order chi connectivity index (χ1) is 17.2. The largest absolute Gasteiger partial charge is 0.370 e. The molecule has 0 spiro atoms. The molecule has 0 aromatic heterocycles. The number of benzene rings is 1. The Morgan fingerprint density at radius 1 is 1.00 bits per heavy atom. The molecule has 5 fully saturated rings. The Labute approximate surface area is 212 Å². The van der Waals surface area contributed by atoms with Crippen molar-refractivity contribution in [3.8, 4) is 0 Å². The molecular weight excluding hydrogens is 456 g/mol. The molecule has 3 amide bonds. The van der Waals surface area contributed by atoms with Gasteiger partial charge in [-0.1, -0.05) is 30.3 Å². The van der Waals surface area contributed by atoms with Gasteiger partial charge in [-0.25, -0.2) is 0 Å². The zero-order valence-corrected chi connectivity index (χ0v) is 20.9. The Kier molecular flexibility index (Phi) is 7.01. The number of primary amides is 1. The lowest BCUT2D eigenvalue weighted by Gasteiger charge is -2.56. The Morgan fingerprint density at radius 2 is 1.61 bits per heavy atom. The van der Waals surface area contributed by atoms with E-state index in [9.17, 15) is 19.2 Å². The van der Waals surface area contributed by atoms with E-state index in [1.54, 1.807) is 0 Å². The number of nitrogens with two attached hydrogens (primary N) is 2. The first kappa shape index (κ1) is 25.1. The highest BCUT2D eigenvalue weighted by Crippen LogP contribution is 2.60. The number of amides is 3. The summed E-state index contributed by atoms with van der Waals surface area (Å²) >= 11 is 0. The predicted molar refractivity (Wildman–Crippen MR) is 134 cm³/mol. The summed E-state index contributed by atoms with van der Waals surface area (Å²) in [4.78, 5) is 55.3. The van der Waals surface area contributed by atoms with E-state index >= 15 is 0 Å². The number of carbonyl (C=O) groups is 4. The molecular formula is C28H38N4O4. The fourth-order valence-electron chi connectivity index (χ4n) is 7.81. The van der Waals surface area contributed by atoms with Gasteiger partial charge in [-0.2, -0.15) is 0 Å². The number of hydrogen-bond donors (Lipinski definition) is 2. The maximum atomic E-state index is 13.8. The average Bonchev–Trinajstić information content (AvgIpc) is 3.29. The van der Waals surface area contributed by atoms with Gasteiger partial charge in [-0.05, 0) is 81.2 Å². The topological polar surface area (TPSA) is 127 Å². The van der Waals surface area contributed by atoms with Gasteiger partial charge in [0.05, 0.1) is 31.6 Å². The second kappa shape index (κ2) is 10.1. The first-order valence-electron chi connectivity index (χ1n) is 13.4. The van der Waals surface area contributed by atoms with Crippen LogP contribution < -0.4 is 11.5 Å². The van der Waals surface area contributed by atoms with Crippen LogP contribution in [0.25, 0.3) is 0 Å². The highest BCUT2D eigenvalue weighted by molar-refractivity contribution is 6.01. The van der Waals surface area contributed by atoms with E-state index in [1.807, 2.05) is 35.2 Å². The van der Waals surface area contributed by atoms with Gasteiger partial charge < -0.3 is 11.5 Å². The number of nitrogens with zero attached hydrogens (tertiary/aromatic N) is 2. The predicted octanol–water partition coefficient (Wildman–Crippen LogP) is 1.99. The zero-order valence-electron chi connectivity index (χ0n) is 20.9. The molecule has 194 valence electrons. The minimum absolute atomic E-state index is 0.0677. The number of imide groups is 1. The third kappa shape index (κ3) is 4.98. The van der Waals surface area contributed by atoms with Crippen LogP contribution in [-0.2, 0) is 25.7 Å². The van der Waals surface area contributed by atoms with Crippen LogP contribution >= 0.6 is 0 Å². The molecule has 1 saturated heterocycles. The summed E-state index contributed by atoms with van der Waals surface area (Å²) in [5.41, 5.74) is 11.8. The number of carbonyl (C=O) groups excluding carboxylic acids is 4. The van der Waals surface area contributed by atoms with Gasteiger partial charge in [-0.15, -0.1) is 0 Å². The maximum absolute atomic E-state index is 13.8. The number of rotatable bonds is 9. The molecule has 1 aromatic carbocycles. The van der Waals surface area contributed by atoms with Crippen LogP contribution in [0.4, 0.5) is 0 Å². The van der Waals surface area contributed by atoms with Crippen molar-refractivity contribution in [3.63, 3.8) is 0 Å². The van der Waals surface area contributed by atoms with Gasteiger partial charge in [0.15, 0.2) is 5.78 Å². The van der Waals surface area contributed by atoms with E-state index in [4.69, 9.17) is 11.5 Å². The van der Waals surface area contributed by atoms with Crippen molar-refractivity contribution in [1.29, 1.82) is 0 Å². The normalized spacial score (nSPS) is 31.8. The van der Waals surface area contributed by atoms with Crippen molar-refractivity contribution in [2.24, 2.45) is 34.6 Å². The van der Waals surface area contributed by atoms with Gasteiger partial charge in [0.2, 0.25) is 17.7 Å². The van der Waals surface area contributed by atoms with Crippen molar-refractivity contribution < 1.29 is 19.2 Å². The highest BCUT2D eigenvalue weighted by atomic mass is 16.2. The number of likely N-dealkylation sites (tertiary alicyclic amines) is 1. The van der Waals surface area contributed by atoms with Crippen LogP contribution in [-0.4, -0.2) is 58.5 Å². The Morgan fingerprint density at radius 3 is 2.19 bits per heavy atom. The molecule has 5 aliphatic rings. The van der Waals surface area contributed by atoms with E-state index in [0.29, 0.717) is 30.7 Å². The van der Waals surface area contributed by atoms with Crippen LogP contribution in [0.5, 0.6) is 0 Å². The molecule has 1 heterocycles. The Bertz CT molecular complexity index is 990. The lowest BCUT2D eigenvalue weighted by Crippen LogP contribution is -2.56. The third-order valence-corrected chi connectivity index (χ3v) is 9.08. The van der Waals surface area contributed by atoms with Gasteiger partial charge >= 0.3 is 0 Å². The number of hydrogen-bond acceptors (Lipinski definition) is 6. The Hall–Kier alpha value is -2.58. The van der Waals surface area contributed by atoms with Crippen LogP contribution in [0.2, 0.25) is 0 Å². The van der Waals surface area contributed by atoms with Crippen LogP contribution in [0.15, 0.2) is 30.3 Å². The number of ketones is 1. The molecule has 8 heteroatoms. The summed E-state index contributed by atoms with van der Waals surface area (Å²) < 4.78 is 0. The summed E-state index contributed by atoms with van der Waals surface area (Å²) in [7, 11) is 0. The average molecular weight is 495 g/mol. The molecule has 4 bridgehead atoms. The van der Waals surface area contributed by atoms with E-state index in [0.717, 1.165) is 31.2 Å². The molecule has 0 unspecified atom stereocenters. The lowest BCUT2D eigenvalue weighted by molar-refractivity contribution is -0.151. The smallest absolute Gasteiger partial charge is 0.246 e. The summed E-state index contributed by atoms with van der Waals surface area (Å²) in [6.45, 7) is 0.997. The van der Waals surface area contributed by atoms with Crippen LogP contribution in [0.1, 0.15) is 63.4 Å². The molecule has 4 aliphatic carbocycles. The minimum atomic E-state index is -1.18. The fourth-order valence-corrected chi connectivity index (χ4v) is 7.81. The van der Waals surface area contributed by atoms with Crippen molar-refractivity contribution in [2.45, 2.75) is 76.4 Å². The van der Waals surface area contributed by atoms with Gasteiger partial charge in [0, 0.05) is 5.41 Å². The quantitative estimate of drug-likeness (QED) is 0.541. The maximum Gasteiger partial charge on any atom is 0.246 e. The highest BCUT2D eigenvalue weighted by Gasteiger charge is 2.54. The van der Waals surface area contributed by atoms with Crippen LogP contribution in [0, 0.1) is 23.2 Å². The molecule has 6 rings (SSSR count). The molecule has 4 N–H and O–H groups in total. The summed E-state index contributed by atoms with van der Waals surface area (Å²) in [5.74, 6) is 0.687. The first-order valence-corrected chi connectivity index (χ1v) is 13.4. The molecule has 2 atom stereocenters. The minimum Gasteiger partial charge on any atom is -0.370 e. The standard InChI is InChI=1S/C28H38N4O4/c29-22(12-25(30)34)26(35)32(16-18-5-2-1-3-6-18)27(36)23-7-4-8-31(23)17-24(33)28-13-19-9-20(14-28)11-21(10-19)15-28/h1-3,5-6,19-23H,4,7-17,29H2,(H2,30,34)/t19?,20?,21?,22-,23-,28?/m0/s1. The Balaban J connectivity index is 1.32. The van der Waals surface area contributed by atoms with Crippen molar-refractivity contribution in [3.05, 3.63) is 35.9 Å². The SMILES string of the molecule is NC(=O)C[C@H](N)C(=O)N(Cc1ccccc1)C(=O)[C@@H]1CCCN1CC(=O)C12CC3CC(CC(C3)C1)C2. The van der Waals surface area contributed by atoms with E-state index < -0.39 is 23.9 Å². The van der Waals surface area contributed by atoms with Gasteiger partial charge in [0.25, 0.3) is 0 Å². The molecule has 0 radical (unpaired) electrons. The summed E-state index contributed by atoms with van der Waals surface area (Å²) in [6, 6.07) is 7.52. The van der Waals surface area contributed by atoms with Crippen LogP contribution in [0.3, 0.4) is 0 Å². The molecule has 1 aromatic rings. The zero-order chi connectivity index (χ0) is 25.4. The van der Waals surface area contributed by atoms with E-state index in [1.165, 1.54) is 24.2 Å². The van der Waals surface area contributed by atoms with Gasteiger partial charge in [-0.3, -0.25) is 29.0 Å². The second-order valence-electron chi connectivity index (χ2n) is 11.8. The van der Waals surface area contributed by atoms with Crippen molar-refractivity contribution >= 4 is 23.5 Å². The summed E-state index contributed by atoms with van der Waals surface area (Å²) in [5, 5.41) is 0. The summed E-state index contributed by atoms with van der Waals surface area (Å²) in [6.07, 6.45) is 7.91. The molecule has 36 heavy (non-hydrogen) atoms. The van der Waals surface area contributed by atoms with E-state index in [2.05, 4.69) is 0 Å². The van der Waals surface area contributed by atoms with Crippen molar-refractivity contribution in [2.75, 3.05) is 13.1 Å². The molecule has 8 nitrogen and oxygen atoms in total. The third-order valence-electron chi connectivity index (χ3n) is 9.08. The van der Waals surface area contributed by atoms with Gasteiger partial charge in [0.1, 0.15) is 0 Å².